The third kappa shape index (κ3) is 2.76. The number of benzene rings is 1. The second-order valence-corrected chi connectivity index (χ2v) is 9.22. The molecule has 1 saturated heterocycles. The van der Waals surface area contributed by atoms with E-state index in [0.717, 1.165) is 39.8 Å². The molecule has 7 heteroatoms. The molecule has 5 rings (SSSR count). The van der Waals surface area contributed by atoms with Gasteiger partial charge in [0.05, 0.1) is 27.3 Å². The summed E-state index contributed by atoms with van der Waals surface area (Å²) in [4.78, 5) is 26.1. The fraction of sp³-hybridized carbons (Fsp3) is 0.211. The van der Waals surface area contributed by atoms with Gasteiger partial charge in [0.25, 0.3) is 5.91 Å². The van der Waals surface area contributed by atoms with Gasteiger partial charge in [-0.05, 0) is 36.4 Å². The highest BCUT2D eigenvalue weighted by Gasteiger charge is 2.33. The van der Waals surface area contributed by atoms with Crippen LogP contribution in [0.4, 0.5) is 0 Å². The molecule has 0 saturated carbocycles. The van der Waals surface area contributed by atoms with Gasteiger partial charge in [-0.1, -0.05) is 18.2 Å². The van der Waals surface area contributed by atoms with Gasteiger partial charge < -0.3 is 4.90 Å². The Kier molecular flexibility index (Phi) is 4.07. The first-order chi connectivity index (χ1) is 12.8. The van der Waals surface area contributed by atoms with Gasteiger partial charge in [-0.2, -0.15) is 0 Å². The lowest BCUT2D eigenvalue weighted by Gasteiger charge is -2.22. The second-order valence-electron chi connectivity index (χ2n) is 6.18. The van der Waals surface area contributed by atoms with Gasteiger partial charge in [-0.15, -0.1) is 34.0 Å². The van der Waals surface area contributed by atoms with Crippen LogP contribution in [-0.4, -0.2) is 27.3 Å². The molecular weight excluding hydrogens is 382 g/mol. The largest absolute Gasteiger partial charge is 0.328 e. The molecule has 3 aromatic heterocycles. The van der Waals surface area contributed by atoms with E-state index >= 15 is 0 Å². The first-order valence-electron chi connectivity index (χ1n) is 8.46. The van der Waals surface area contributed by atoms with E-state index < -0.39 is 0 Å². The Morgan fingerprint density at radius 2 is 2.08 bits per heavy atom. The lowest BCUT2D eigenvalue weighted by Crippen LogP contribution is -2.29. The SMILES string of the molecule is O=C(c1cnc(-c2cccs2)s1)N1CCCC1c1nc2ccccc2s1. The van der Waals surface area contributed by atoms with Gasteiger partial charge in [-0.3, -0.25) is 4.79 Å². The van der Waals surface area contributed by atoms with Crippen LogP contribution in [0.3, 0.4) is 0 Å². The van der Waals surface area contributed by atoms with Crippen molar-refractivity contribution in [2.45, 2.75) is 18.9 Å². The van der Waals surface area contributed by atoms with Crippen LogP contribution >= 0.6 is 34.0 Å². The Balaban J connectivity index is 1.44. The summed E-state index contributed by atoms with van der Waals surface area (Å²) in [6, 6.07) is 12.3. The smallest absolute Gasteiger partial charge is 0.266 e. The van der Waals surface area contributed by atoms with Gasteiger partial charge in [0.1, 0.15) is 14.9 Å². The van der Waals surface area contributed by atoms with Gasteiger partial charge in [-0.25, -0.2) is 9.97 Å². The average Bonchev–Trinajstić information content (AvgIpc) is 3.47. The van der Waals surface area contributed by atoms with Gasteiger partial charge >= 0.3 is 0 Å². The van der Waals surface area contributed by atoms with E-state index in [0.29, 0.717) is 4.88 Å². The molecule has 1 aliphatic heterocycles. The Morgan fingerprint density at radius 3 is 2.92 bits per heavy atom. The average molecular weight is 398 g/mol. The van der Waals surface area contributed by atoms with E-state index in [-0.39, 0.29) is 11.9 Å². The number of carbonyl (C=O) groups excluding carboxylic acids is 1. The van der Waals surface area contributed by atoms with E-state index in [1.54, 1.807) is 28.9 Å². The molecular formula is C19H15N3OS3. The number of carbonyl (C=O) groups is 1. The van der Waals surface area contributed by atoms with Crippen molar-refractivity contribution in [2.24, 2.45) is 0 Å². The lowest BCUT2D eigenvalue weighted by molar-refractivity contribution is 0.0740. The lowest BCUT2D eigenvalue weighted by atomic mass is 10.2. The van der Waals surface area contributed by atoms with Gasteiger partial charge in [0.2, 0.25) is 0 Å². The van der Waals surface area contributed by atoms with Crippen LogP contribution in [0.15, 0.2) is 48.0 Å². The third-order valence-electron chi connectivity index (χ3n) is 4.56. The molecule has 1 unspecified atom stereocenters. The first-order valence-corrected chi connectivity index (χ1v) is 11.0. The highest BCUT2D eigenvalue weighted by Crippen LogP contribution is 2.38. The molecule has 1 amide bonds. The summed E-state index contributed by atoms with van der Waals surface area (Å²) in [6.07, 6.45) is 3.71. The van der Waals surface area contributed by atoms with E-state index in [1.165, 1.54) is 16.0 Å². The minimum absolute atomic E-state index is 0.0760. The van der Waals surface area contributed by atoms with Crippen molar-refractivity contribution in [3.63, 3.8) is 0 Å². The highest BCUT2D eigenvalue weighted by atomic mass is 32.1. The van der Waals surface area contributed by atoms with Crippen LogP contribution in [0.25, 0.3) is 20.1 Å². The Hall–Kier alpha value is -2.09. The molecule has 26 heavy (non-hydrogen) atoms. The minimum atomic E-state index is 0.0760. The molecule has 1 aromatic carbocycles. The fourth-order valence-electron chi connectivity index (χ4n) is 3.33. The number of amides is 1. The van der Waals surface area contributed by atoms with E-state index in [1.807, 2.05) is 40.6 Å². The molecule has 4 nitrogen and oxygen atoms in total. The maximum atomic E-state index is 13.1. The molecule has 130 valence electrons. The zero-order valence-electron chi connectivity index (χ0n) is 13.8. The van der Waals surface area contributed by atoms with Gasteiger partial charge in [0, 0.05) is 6.54 Å². The Labute approximate surface area is 162 Å². The van der Waals surface area contributed by atoms with Crippen LogP contribution in [0.5, 0.6) is 0 Å². The quantitative estimate of drug-likeness (QED) is 0.461. The van der Waals surface area contributed by atoms with Crippen molar-refractivity contribution in [3.05, 3.63) is 57.9 Å². The standard InChI is InChI=1S/C19H15N3OS3/c23-19(16-11-20-18(26-16)15-8-4-10-24-15)22-9-3-6-13(22)17-21-12-5-1-2-7-14(12)25-17/h1-2,4-5,7-8,10-11,13H,3,6,9H2. The summed E-state index contributed by atoms with van der Waals surface area (Å²) in [6.45, 7) is 0.783. The monoisotopic (exact) mass is 397 g/mol. The van der Waals surface area contributed by atoms with E-state index in [2.05, 4.69) is 11.1 Å². The maximum Gasteiger partial charge on any atom is 0.266 e. The molecule has 1 aliphatic rings. The normalized spacial score (nSPS) is 17.2. The van der Waals surface area contributed by atoms with Gasteiger partial charge in [0.15, 0.2) is 0 Å². The number of para-hydroxylation sites is 1. The maximum absolute atomic E-state index is 13.1. The first kappa shape index (κ1) is 16.1. The minimum Gasteiger partial charge on any atom is -0.328 e. The molecule has 4 aromatic rings. The highest BCUT2D eigenvalue weighted by molar-refractivity contribution is 7.22. The summed E-state index contributed by atoms with van der Waals surface area (Å²) in [5.74, 6) is 0.0760. The zero-order chi connectivity index (χ0) is 17.5. The number of rotatable bonds is 3. The number of thiophene rings is 1. The summed E-state index contributed by atoms with van der Waals surface area (Å²) in [7, 11) is 0. The molecule has 0 radical (unpaired) electrons. The number of likely N-dealkylation sites (tertiary alicyclic amines) is 1. The topological polar surface area (TPSA) is 46.1 Å². The molecule has 0 bridgehead atoms. The van der Waals surface area contributed by atoms with E-state index in [9.17, 15) is 4.79 Å². The third-order valence-corrected chi connectivity index (χ3v) is 7.72. The molecule has 0 aliphatic carbocycles. The van der Waals surface area contributed by atoms with Crippen LogP contribution in [0.1, 0.15) is 33.6 Å². The molecule has 1 fully saturated rings. The van der Waals surface area contributed by atoms with Crippen LogP contribution in [-0.2, 0) is 0 Å². The summed E-state index contributed by atoms with van der Waals surface area (Å²) in [5.41, 5.74) is 1.02. The van der Waals surface area contributed by atoms with Crippen molar-refractivity contribution in [1.82, 2.24) is 14.9 Å². The predicted octanol–water partition coefficient (Wildman–Crippen LogP) is 5.46. The van der Waals surface area contributed by atoms with Crippen LogP contribution < -0.4 is 0 Å². The van der Waals surface area contributed by atoms with Crippen molar-refractivity contribution >= 4 is 50.1 Å². The van der Waals surface area contributed by atoms with Crippen LogP contribution in [0.2, 0.25) is 0 Å². The van der Waals surface area contributed by atoms with Crippen molar-refractivity contribution in [1.29, 1.82) is 0 Å². The molecule has 0 N–H and O–H groups in total. The van der Waals surface area contributed by atoms with Crippen LogP contribution in [0, 0.1) is 0 Å². The zero-order valence-corrected chi connectivity index (χ0v) is 16.2. The summed E-state index contributed by atoms with van der Waals surface area (Å²) < 4.78 is 1.18. The van der Waals surface area contributed by atoms with Crippen molar-refractivity contribution in [2.75, 3.05) is 6.54 Å². The number of nitrogens with zero attached hydrogens (tertiary/aromatic N) is 3. The predicted molar refractivity (Wildman–Crippen MR) is 108 cm³/mol. The van der Waals surface area contributed by atoms with Crippen molar-refractivity contribution < 1.29 is 4.79 Å². The second kappa shape index (κ2) is 6.57. The molecule has 0 spiro atoms. The molecule has 1 atom stereocenters. The number of hydrogen-bond acceptors (Lipinski definition) is 6. The number of aromatic nitrogens is 2. The molecule has 4 heterocycles. The number of fused-ring (bicyclic) bond motifs is 1. The Bertz CT molecular complexity index is 1030. The number of thiazole rings is 2. The van der Waals surface area contributed by atoms with E-state index in [4.69, 9.17) is 4.98 Å². The Morgan fingerprint density at radius 1 is 1.15 bits per heavy atom. The number of hydrogen-bond donors (Lipinski definition) is 0. The summed E-state index contributed by atoms with van der Waals surface area (Å²) in [5, 5.41) is 3.99. The fourth-order valence-corrected chi connectivity index (χ4v) is 6.12. The summed E-state index contributed by atoms with van der Waals surface area (Å²) >= 11 is 4.83. The van der Waals surface area contributed by atoms with Crippen molar-refractivity contribution in [3.8, 4) is 9.88 Å².